The van der Waals surface area contributed by atoms with Crippen molar-refractivity contribution >= 4 is 11.6 Å². The highest BCUT2D eigenvalue weighted by molar-refractivity contribution is 6.20. The molecule has 0 spiro atoms. The van der Waals surface area contributed by atoms with Crippen LogP contribution in [0.4, 0.5) is 4.39 Å². The van der Waals surface area contributed by atoms with Gasteiger partial charge in [0, 0.05) is 5.38 Å². The van der Waals surface area contributed by atoms with E-state index in [4.69, 9.17) is 11.6 Å². The van der Waals surface area contributed by atoms with Gasteiger partial charge in [0.15, 0.2) is 0 Å². The molecular weight excluding hydrogens is 199 g/mol. The molecule has 14 heavy (non-hydrogen) atoms. The number of alkyl halides is 1. The zero-order valence-electron chi connectivity index (χ0n) is 8.05. The Morgan fingerprint density at radius 2 is 2.07 bits per heavy atom. The summed E-state index contributed by atoms with van der Waals surface area (Å²) in [6.45, 7) is 0. The van der Waals surface area contributed by atoms with Gasteiger partial charge < -0.3 is 0 Å². The summed E-state index contributed by atoms with van der Waals surface area (Å²) in [5, 5.41) is 0.312. The second kappa shape index (κ2) is 4.31. The first-order chi connectivity index (χ1) is 6.75. The predicted octanol–water partition coefficient (Wildman–Crippen LogP) is 3.78. The molecule has 0 radical (unpaired) electrons. The number of halogens is 2. The van der Waals surface area contributed by atoms with Crippen LogP contribution in [0.5, 0.6) is 0 Å². The van der Waals surface area contributed by atoms with Gasteiger partial charge in [0.1, 0.15) is 5.82 Å². The van der Waals surface area contributed by atoms with E-state index in [1.165, 1.54) is 6.07 Å². The molecule has 2 heteroatoms. The van der Waals surface area contributed by atoms with Crippen molar-refractivity contribution in [1.82, 2.24) is 0 Å². The van der Waals surface area contributed by atoms with Crippen molar-refractivity contribution in [1.29, 1.82) is 0 Å². The van der Waals surface area contributed by atoms with Crippen LogP contribution in [0.2, 0.25) is 0 Å². The second-order valence-electron chi connectivity index (χ2n) is 4.07. The fourth-order valence-corrected chi connectivity index (χ4v) is 2.55. The summed E-state index contributed by atoms with van der Waals surface area (Å²) in [4.78, 5) is 0. The highest BCUT2D eigenvalue weighted by Crippen LogP contribution is 2.32. The Bertz CT molecular complexity index is 311. The van der Waals surface area contributed by atoms with Crippen LogP contribution >= 0.6 is 11.6 Å². The Morgan fingerprint density at radius 3 is 2.71 bits per heavy atom. The topological polar surface area (TPSA) is 0 Å². The Morgan fingerprint density at radius 1 is 1.29 bits per heavy atom. The quantitative estimate of drug-likeness (QED) is 0.655. The van der Waals surface area contributed by atoms with Crippen LogP contribution < -0.4 is 0 Å². The van der Waals surface area contributed by atoms with Crippen molar-refractivity contribution in [2.45, 2.75) is 31.1 Å². The minimum absolute atomic E-state index is 0.0782. The third-order valence-corrected chi connectivity index (χ3v) is 3.34. The normalized spacial score (nSPS) is 26.7. The van der Waals surface area contributed by atoms with E-state index in [-0.39, 0.29) is 5.82 Å². The summed E-state index contributed by atoms with van der Waals surface area (Å²) in [7, 11) is 0. The van der Waals surface area contributed by atoms with Crippen LogP contribution in [0.1, 0.15) is 24.8 Å². The monoisotopic (exact) mass is 212 g/mol. The lowest BCUT2D eigenvalue weighted by molar-refractivity contribution is 0.521. The lowest BCUT2D eigenvalue weighted by Gasteiger charge is -2.09. The molecule has 1 aliphatic rings. The Balaban J connectivity index is 2.01. The van der Waals surface area contributed by atoms with E-state index in [0.29, 0.717) is 11.3 Å². The van der Waals surface area contributed by atoms with Crippen LogP contribution in [0, 0.1) is 11.7 Å². The summed E-state index contributed by atoms with van der Waals surface area (Å²) in [6, 6.07) is 7.03. The zero-order chi connectivity index (χ0) is 9.97. The van der Waals surface area contributed by atoms with Crippen molar-refractivity contribution in [3.8, 4) is 0 Å². The van der Waals surface area contributed by atoms with Crippen LogP contribution in [-0.2, 0) is 6.42 Å². The smallest absolute Gasteiger partial charge is 0.126 e. The summed E-state index contributed by atoms with van der Waals surface area (Å²) in [6.07, 6.45) is 4.11. The molecule has 0 N–H and O–H groups in total. The molecule has 0 heterocycles. The fraction of sp³-hybridized carbons (Fsp3) is 0.500. The molecule has 0 saturated heterocycles. The summed E-state index contributed by atoms with van der Waals surface area (Å²) in [5.74, 6) is 0.500. The molecule has 1 saturated carbocycles. The molecule has 0 aromatic heterocycles. The highest BCUT2D eigenvalue weighted by atomic mass is 35.5. The summed E-state index contributed by atoms with van der Waals surface area (Å²) >= 11 is 6.02. The number of hydrogen-bond donors (Lipinski definition) is 0. The van der Waals surface area contributed by atoms with Gasteiger partial charge in [0.25, 0.3) is 0 Å². The average molecular weight is 213 g/mol. The molecule has 2 unspecified atom stereocenters. The molecule has 0 amide bonds. The molecule has 0 nitrogen and oxygen atoms in total. The van der Waals surface area contributed by atoms with E-state index in [0.717, 1.165) is 31.2 Å². The van der Waals surface area contributed by atoms with Gasteiger partial charge in [0.05, 0.1) is 0 Å². The first-order valence-corrected chi connectivity index (χ1v) is 5.57. The third kappa shape index (κ3) is 2.27. The predicted molar refractivity (Wildman–Crippen MR) is 57.1 cm³/mol. The van der Waals surface area contributed by atoms with Gasteiger partial charge >= 0.3 is 0 Å². The minimum atomic E-state index is -0.0782. The summed E-state index contributed by atoms with van der Waals surface area (Å²) < 4.78 is 13.3. The van der Waals surface area contributed by atoms with Gasteiger partial charge in [-0.15, -0.1) is 11.6 Å². The molecule has 1 fully saturated rings. The van der Waals surface area contributed by atoms with E-state index in [1.807, 2.05) is 12.1 Å². The van der Waals surface area contributed by atoms with Crippen molar-refractivity contribution < 1.29 is 4.39 Å². The van der Waals surface area contributed by atoms with Crippen LogP contribution in [-0.4, -0.2) is 5.38 Å². The summed E-state index contributed by atoms with van der Waals surface area (Å²) in [5.41, 5.74) is 0.836. The Kier molecular flexibility index (Phi) is 3.07. The molecule has 2 rings (SSSR count). The average Bonchev–Trinajstić information content (AvgIpc) is 2.56. The molecule has 1 aromatic rings. The molecular formula is C12H14ClF. The Labute approximate surface area is 89.1 Å². The first-order valence-electron chi connectivity index (χ1n) is 5.13. The van der Waals surface area contributed by atoms with Gasteiger partial charge in [-0.1, -0.05) is 18.2 Å². The van der Waals surface area contributed by atoms with Crippen molar-refractivity contribution in [2.24, 2.45) is 5.92 Å². The Hall–Kier alpha value is -0.560. The largest absolute Gasteiger partial charge is 0.207 e. The molecule has 1 aromatic carbocycles. The van der Waals surface area contributed by atoms with Gasteiger partial charge in [0.2, 0.25) is 0 Å². The van der Waals surface area contributed by atoms with Crippen molar-refractivity contribution in [2.75, 3.05) is 0 Å². The number of rotatable bonds is 2. The van der Waals surface area contributed by atoms with Gasteiger partial charge in [-0.05, 0) is 43.2 Å². The van der Waals surface area contributed by atoms with Crippen LogP contribution in [0.25, 0.3) is 0 Å². The lowest BCUT2D eigenvalue weighted by atomic mass is 9.98. The standard InChI is InChI=1S/C12H14ClF/c13-11-6-5-9(8-11)7-10-3-1-2-4-12(10)14/h1-4,9,11H,5-8H2. The second-order valence-corrected chi connectivity index (χ2v) is 4.69. The van der Waals surface area contributed by atoms with Crippen LogP contribution in [0.15, 0.2) is 24.3 Å². The maximum atomic E-state index is 13.3. The third-order valence-electron chi connectivity index (χ3n) is 2.94. The zero-order valence-corrected chi connectivity index (χ0v) is 8.80. The molecule has 76 valence electrons. The van der Waals surface area contributed by atoms with Gasteiger partial charge in [-0.25, -0.2) is 4.39 Å². The minimum Gasteiger partial charge on any atom is -0.207 e. The fourth-order valence-electron chi connectivity index (χ4n) is 2.17. The first kappa shape index (κ1) is 9.97. The van der Waals surface area contributed by atoms with E-state index >= 15 is 0 Å². The molecule has 0 bridgehead atoms. The highest BCUT2D eigenvalue weighted by Gasteiger charge is 2.23. The van der Waals surface area contributed by atoms with E-state index in [2.05, 4.69) is 0 Å². The lowest BCUT2D eigenvalue weighted by Crippen LogP contribution is -2.02. The van der Waals surface area contributed by atoms with E-state index in [9.17, 15) is 4.39 Å². The van der Waals surface area contributed by atoms with Gasteiger partial charge in [-0.3, -0.25) is 0 Å². The van der Waals surface area contributed by atoms with E-state index in [1.54, 1.807) is 6.07 Å². The maximum absolute atomic E-state index is 13.3. The van der Waals surface area contributed by atoms with E-state index < -0.39 is 0 Å². The van der Waals surface area contributed by atoms with Crippen LogP contribution in [0.3, 0.4) is 0 Å². The van der Waals surface area contributed by atoms with Gasteiger partial charge in [-0.2, -0.15) is 0 Å². The van der Waals surface area contributed by atoms with Crippen molar-refractivity contribution in [3.05, 3.63) is 35.6 Å². The number of benzene rings is 1. The molecule has 0 aliphatic heterocycles. The maximum Gasteiger partial charge on any atom is 0.126 e. The number of hydrogen-bond acceptors (Lipinski definition) is 0. The van der Waals surface area contributed by atoms with Crippen molar-refractivity contribution in [3.63, 3.8) is 0 Å². The SMILES string of the molecule is Fc1ccccc1CC1CCC(Cl)C1. The molecule has 2 atom stereocenters. The molecule has 1 aliphatic carbocycles.